The monoisotopic (exact) mass is 252 g/mol. The van der Waals surface area contributed by atoms with Gasteiger partial charge in [-0.05, 0) is 19.1 Å². The minimum absolute atomic E-state index is 0.184. The summed E-state index contributed by atoms with van der Waals surface area (Å²) in [6.07, 6.45) is 0. The van der Waals surface area contributed by atoms with Gasteiger partial charge in [-0.25, -0.2) is 9.37 Å². The molecule has 1 fully saturated rings. The maximum Gasteiger partial charge on any atom is 0.186 e. The van der Waals surface area contributed by atoms with Crippen molar-refractivity contribution in [2.45, 2.75) is 6.92 Å². The van der Waals surface area contributed by atoms with Crippen molar-refractivity contribution < 1.29 is 9.13 Å². The lowest BCUT2D eigenvalue weighted by atomic mass is 10.2. The van der Waals surface area contributed by atoms with Crippen molar-refractivity contribution in [1.82, 2.24) is 4.98 Å². The Kier molecular flexibility index (Phi) is 2.72. The van der Waals surface area contributed by atoms with Crippen molar-refractivity contribution in [2.24, 2.45) is 0 Å². The van der Waals surface area contributed by atoms with Gasteiger partial charge in [-0.15, -0.1) is 0 Å². The zero-order valence-electron chi connectivity index (χ0n) is 9.57. The highest BCUT2D eigenvalue weighted by Crippen LogP contribution is 2.31. The van der Waals surface area contributed by atoms with Gasteiger partial charge in [-0.1, -0.05) is 11.3 Å². The van der Waals surface area contributed by atoms with E-state index in [4.69, 9.17) is 4.74 Å². The third-order valence-corrected chi connectivity index (χ3v) is 4.10. The number of thiazole rings is 1. The van der Waals surface area contributed by atoms with E-state index in [0.717, 1.165) is 41.7 Å². The van der Waals surface area contributed by atoms with Crippen molar-refractivity contribution in [3.63, 3.8) is 0 Å². The Morgan fingerprint density at radius 2 is 2.12 bits per heavy atom. The van der Waals surface area contributed by atoms with E-state index < -0.39 is 0 Å². The van der Waals surface area contributed by atoms with E-state index in [2.05, 4.69) is 9.88 Å². The molecule has 2 aromatic rings. The Morgan fingerprint density at radius 3 is 2.88 bits per heavy atom. The molecule has 0 aliphatic carbocycles. The number of benzene rings is 1. The highest BCUT2D eigenvalue weighted by Gasteiger charge is 2.16. The molecule has 0 atom stereocenters. The molecule has 5 heteroatoms. The molecule has 1 aliphatic rings. The molecule has 17 heavy (non-hydrogen) atoms. The summed E-state index contributed by atoms with van der Waals surface area (Å²) in [5, 5.41) is 0.969. The highest BCUT2D eigenvalue weighted by molar-refractivity contribution is 7.22. The molecule has 1 saturated heterocycles. The van der Waals surface area contributed by atoms with Crippen LogP contribution in [0.5, 0.6) is 0 Å². The Labute approximate surface area is 103 Å². The van der Waals surface area contributed by atoms with Crippen LogP contribution in [0.2, 0.25) is 0 Å². The number of ether oxygens (including phenoxy) is 1. The number of anilines is 1. The molecule has 3 rings (SSSR count). The van der Waals surface area contributed by atoms with Gasteiger partial charge in [0.15, 0.2) is 5.13 Å². The van der Waals surface area contributed by atoms with Gasteiger partial charge < -0.3 is 9.64 Å². The van der Waals surface area contributed by atoms with Crippen LogP contribution in [0.1, 0.15) is 5.56 Å². The first-order valence-electron chi connectivity index (χ1n) is 5.64. The van der Waals surface area contributed by atoms with Crippen molar-refractivity contribution in [2.75, 3.05) is 31.2 Å². The number of hydrogen-bond donors (Lipinski definition) is 0. The first-order chi connectivity index (χ1) is 8.25. The maximum atomic E-state index is 13.4. The summed E-state index contributed by atoms with van der Waals surface area (Å²) in [5.74, 6) is -0.184. The molecule has 0 spiro atoms. The average molecular weight is 252 g/mol. The van der Waals surface area contributed by atoms with Crippen LogP contribution in [0.25, 0.3) is 10.2 Å². The standard InChI is InChI=1S/C12H13FN2OS/c1-8-9(13)2-3-10-11(8)14-12(17-10)15-4-6-16-7-5-15/h2-3H,4-7H2,1H3. The van der Waals surface area contributed by atoms with Crippen LogP contribution >= 0.6 is 11.3 Å². The van der Waals surface area contributed by atoms with Crippen molar-refractivity contribution in [3.8, 4) is 0 Å². The van der Waals surface area contributed by atoms with Crippen LogP contribution < -0.4 is 4.90 Å². The smallest absolute Gasteiger partial charge is 0.186 e. The lowest BCUT2D eigenvalue weighted by molar-refractivity contribution is 0.122. The Bertz CT molecular complexity index is 549. The fourth-order valence-electron chi connectivity index (χ4n) is 1.98. The van der Waals surface area contributed by atoms with Crippen LogP contribution in [-0.2, 0) is 4.74 Å². The number of morpholine rings is 1. The van der Waals surface area contributed by atoms with Crippen LogP contribution in [0.4, 0.5) is 9.52 Å². The van der Waals surface area contributed by atoms with Crippen LogP contribution in [0.15, 0.2) is 12.1 Å². The van der Waals surface area contributed by atoms with E-state index in [9.17, 15) is 4.39 Å². The molecule has 1 aromatic carbocycles. The van der Waals surface area contributed by atoms with E-state index >= 15 is 0 Å². The quantitative estimate of drug-likeness (QED) is 0.780. The third kappa shape index (κ3) is 1.89. The molecule has 0 saturated carbocycles. The fraction of sp³-hybridized carbons (Fsp3) is 0.417. The molecule has 0 N–H and O–H groups in total. The average Bonchev–Trinajstić information content (AvgIpc) is 2.80. The molecule has 0 radical (unpaired) electrons. The molecular formula is C12H13FN2OS. The summed E-state index contributed by atoms with van der Waals surface area (Å²) in [6.45, 7) is 4.98. The molecule has 0 unspecified atom stereocenters. The molecule has 1 aliphatic heterocycles. The number of aromatic nitrogens is 1. The summed E-state index contributed by atoms with van der Waals surface area (Å²) in [6, 6.07) is 3.32. The van der Waals surface area contributed by atoms with Crippen molar-refractivity contribution >= 4 is 26.7 Å². The predicted octanol–water partition coefficient (Wildman–Crippen LogP) is 2.58. The molecule has 1 aromatic heterocycles. The van der Waals surface area contributed by atoms with E-state index in [0.29, 0.717) is 5.56 Å². The molecule has 90 valence electrons. The zero-order valence-corrected chi connectivity index (χ0v) is 10.4. The Hall–Kier alpha value is -1.20. The first-order valence-corrected chi connectivity index (χ1v) is 6.46. The molecule has 3 nitrogen and oxygen atoms in total. The summed E-state index contributed by atoms with van der Waals surface area (Å²) >= 11 is 1.62. The summed E-state index contributed by atoms with van der Waals surface area (Å²) in [4.78, 5) is 6.75. The van der Waals surface area contributed by atoms with Crippen LogP contribution in [0, 0.1) is 12.7 Å². The summed E-state index contributed by atoms with van der Waals surface area (Å²) in [7, 11) is 0. The van der Waals surface area contributed by atoms with E-state index in [-0.39, 0.29) is 5.82 Å². The molecular weight excluding hydrogens is 239 g/mol. The number of aryl methyl sites for hydroxylation is 1. The lowest BCUT2D eigenvalue weighted by Gasteiger charge is -2.25. The molecule has 2 heterocycles. The van der Waals surface area contributed by atoms with Crippen molar-refractivity contribution in [3.05, 3.63) is 23.5 Å². The van der Waals surface area contributed by atoms with Gasteiger partial charge in [-0.3, -0.25) is 0 Å². The second kappa shape index (κ2) is 4.23. The summed E-state index contributed by atoms with van der Waals surface area (Å²) in [5.41, 5.74) is 1.43. The van der Waals surface area contributed by atoms with Gasteiger partial charge >= 0.3 is 0 Å². The first kappa shape index (κ1) is 10.9. The zero-order chi connectivity index (χ0) is 11.8. The van der Waals surface area contributed by atoms with Gasteiger partial charge in [0, 0.05) is 18.7 Å². The van der Waals surface area contributed by atoms with Gasteiger partial charge in [0.1, 0.15) is 5.82 Å². The Balaban J connectivity index is 2.04. The predicted molar refractivity (Wildman–Crippen MR) is 67.3 cm³/mol. The molecule has 0 bridgehead atoms. The topological polar surface area (TPSA) is 25.4 Å². The lowest BCUT2D eigenvalue weighted by Crippen LogP contribution is -2.36. The SMILES string of the molecule is Cc1c(F)ccc2sc(N3CCOCC3)nc12. The fourth-order valence-corrected chi connectivity index (χ4v) is 3.06. The minimum Gasteiger partial charge on any atom is -0.378 e. The van der Waals surface area contributed by atoms with Crippen LogP contribution in [0.3, 0.4) is 0 Å². The van der Waals surface area contributed by atoms with E-state index in [1.54, 1.807) is 24.3 Å². The van der Waals surface area contributed by atoms with Crippen LogP contribution in [-0.4, -0.2) is 31.3 Å². The van der Waals surface area contributed by atoms with Crippen molar-refractivity contribution in [1.29, 1.82) is 0 Å². The third-order valence-electron chi connectivity index (χ3n) is 3.02. The maximum absolute atomic E-state index is 13.4. The van der Waals surface area contributed by atoms with E-state index in [1.807, 2.05) is 0 Å². The van der Waals surface area contributed by atoms with Gasteiger partial charge in [0.25, 0.3) is 0 Å². The second-order valence-electron chi connectivity index (χ2n) is 4.11. The number of rotatable bonds is 1. The minimum atomic E-state index is -0.184. The number of halogens is 1. The van der Waals surface area contributed by atoms with Gasteiger partial charge in [-0.2, -0.15) is 0 Å². The van der Waals surface area contributed by atoms with E-state index in [1.165, 1.54) is 6.07 Å². The summed E-state index contributed by atoms with van der Waals surface area (Å²) < 4.78 is 19.8. The van der Waals surface area contributed by atoms with Gasteiger partial charge in [0.05, 0.1) is 23.4 Å². The number of nitrogens with zero attached hydrogens (tertiary/aromatic N) is 2. The van der Waals surface area contributed by atoms with Gasteiger partial charge in [0.2, 0.25) is 0 Å². The number of fused-ring (bicyclic) bond motifs is 1. The normalized spacial score (nSPS) is 16.7. The second-order valence-corrected chi connectivity index (χ2v) is 5.12. The molecule has 0 amide bonds. The largest absolute Gasteiger partial charge is 0.378 e. The Morgan fingerprint density at radius 1 is 1.35 bits per heavy atom. The number of hydrogen-bond acceptors (Lipinski definition) is 4. The highest BCUT2D eigenvalue weighted by atomic mass is 32.1.